The number of nitrogens with one attached hydrogen (secondary N) is 2. The number of carbonyl (C=O) groups is 1. The molecule has 0 saturated heterocycles. The molecule has 0 aliphatic rings. The lowest BCUT2D eigenvalue weighted by molar-refractivity contribution is 0.104. The summed E-state index contributed by atoms with van der Waals surface area (Å²) in [6.45, 7) is 0.519. The van der Waals surface area contributed by atoms with Gasteiger partial charge in [-0.2, -0.15) is 5.10 Å². The fourth-order valence-electron chi connectivity index (χ4n) is 2.03. The number of H-pyrrole nitrogens is 1. The molecule has 0 radical (unpaired) electrons. The SMILES string of the molecule is CS(=O)(=O)c1cccc(C(=O)c2cnc(NCc3ccn[nH]3)s2)c1. The average molecular weight is 362 g/mol. The number of benzene rings is 1. The van der Waals surface area contributed by atoms with Crippen LogP contribution in [0.15, 0.2) is 47.6 Å². The van der Waals surface area contributed by atoms with Crippen molar-refractivity contribution >= 4 is 32.1 Å². The normalized spacial score (nSPS) is 11.4. The van der Waals surface area contributed by atoms with E-state index in [1.165, 1.54) is 29.7 Å². The highest BCUT2D eigenvalue weighted by molar-refractivity contribution is 7.90. The molecule has 0 aliphatic carbocycles. The zero-order valence-corrected chi connectivity index (χ0v) is 14.3. The van der Waals surface area contributed by atoms with E-state index >= 15 is 0 Å². The molecular weight excluding hydrogens is 348 g/mol. The van der Waals surface area contributed by atoms with Gasteiger partial charge in [-0.3, -0.25) is 9.89 Å². The second kappa shape index (κ2) is 6.54. The fourth-order valence-corrected chi connectivity index (χ4v) is 3.47. The number of sulfone groups is 1. The number of hydrogen-bond donors (Lipinski definition) is 2. The maximum absolute atomic E-state index is 12.5. The van der Waals surface area contributed by atoms with Crippen molar-refractivity contribution in [2.45, 2.75) is 11.4 Å². The van der Waals surface area contributed by atoms with E-state index < -0.39 is 9.84 Å². The molecule has 124 valence electrons. The molecule has 2 N–H and O–H groups in total. The first-order valence-electron chi connectivity index (χ1n) is 6.96. The van der Waals surface area contributed by atoms with E-state index in [2.05, 4.69) is 20.5 Å². The number of aromatic nitrogens is 3. The van der Waals surface area contributed by atoms with Crippen LogP contribution in [0.2, 0.25) is 0 Å². The van der Waals surface area contributed by atoms with Crippen LogP contribution >= 0.6 is 11.3 Å². The van der Waals surface area contributed by atoms with Crippen LogP contribution in [0.3, 0.4) is 0 Å². The molecule has 1 aromatic carbocycles. The van der Waals surface area contributed by atoms with Crippen LogP contribution in [0.25, 0.3) is 0 Å². The number of thiazole rings is 1. The van der Waals surface area contributed by atoms with Crippen molar-refractivity contribution in [3.63, 3.8) is 0 Å². The third-order valence-electron chi connectivity index (χ3n) is 3.24. The number of ketones is 1. The molecule has 0 spiro atoms. The van der Waals surface area contributed by atoms with Gasteiger partial charge in [-0.1, -0.05) is 23.5 Å². The van der Waals surface area contributed by atoms with Gasteiger partial charge < -0.3 is 5.32 Å². The largest absolute Gasteiger partial charge is 0.356 e. The molecule has 2 heterocycles. The van der Waals surface area contributed by atoms with Crippen molar-refractivity contribution in [1.29, 1.82) is 0 Å². The summed E-state index contributed by atoms with van der Waals surface area (Å²) in [4.78, 5) is 17.2. The highest BCUT2D eigenvalue weighted by Gasteiger charge is 2.16. The van der Waals surface area contributed by atoms with Gasteiger partial charge in [0.2, 0.25) is 5.78 Å². The van der Waals surface area contributed by atoms with Crippen LogP contribution < -0.4 is 5.32 Å². The number of hydrogen-bond acceptors (Lipinski definition) is 7. The van der Waals surface area contributed by atoms with Crippen molar-refractivity contribution in [1.82, 2.24) is 15.2 Å². The Labute approximate surface area is 142 Å². The zero-order chi connectivity index (χ0) is 17.2. The summed E-state index contributed by atoms with van der Waals surface area (Å²) in [7, 11) is -3.36. The summed E-state index contributed by atoms with van der Waals surface area (Å²) in [6.07, 6.45) is 4.25. The molecule has 0 fully saturated rings. The predicted octanol–water partition coefficient (Wildman–Crippen LogP) is 2.11. The summed E-state index contributed by atoms with van der Waals surface area (Å²) < 4.78 is 23.2. The number of carbonyl (C=O) groups excluding carboxylic acids is 1. The molecule has 0 unspecified atom stereocenters. The minimum absolute atomic E-state index is 0.121. The number of anilines is 1. The lowest BCUT2D eigenvalue weighted by atomic mass is 10.1. The van der Waals surface area contributed by atoms with Gasteiger partial charge in [-0.25, -0.2) is 13.4 Å². The molecule has 2 aromatic heterocycles. The Kier molecular flexibility index (Phi) is 4.45. The number of nitrogens with zero attached hydrogens (tertiary/aromatic N) is 2. The Morgan fingerprint density at radius 3 is 2.88 bits per heavy atom. The Morgan fingerprint density at radius 1 is 1.33 bits per heavy atom. The molecule has 0 saturated carbocycles. The maximum atomic E-state index is 12.5. The van der Waals surface area contributed by atoms with Gasteiger partial charge in [0.15, 0.2) is 15.0 Å². The topological polar surface area (TPSA) is 105 Å². The van der Waals surface area contributed by atoms with Crippen LogP contribution in [0.1, 0.15) is 20.9 Å². The quantitative estimate of drug-likeness (QED) is 0.651. The van der Waals surface area contributed by atoms with Crippen LogP contribution in [0.5, 0.6) is 0 Å². The summed E-state index contributed by atoms with van der Waals surface area (Å²) >= 11 is 1.22. The van der Waals surface area contributed by atoms with Crippen molar-refractivity contribution in [2.75, 3.05) is 11.6 Å². The van der Waals surface area contributed by atoms with E-state index in [0.717, 1.165) is 11.9 Å². The summed E-state index contributed by atoms with van der Waals surface area (Å²) in [5.41, 5.74) is 1.22. The molecule has 0 atom stereocenters. The fraction of sp³-hybridized carbons (Fsp3) is 0.133. The highest BCUT2D eigenvalue weighted by Crippen LogP contribution is 2.23. The summed E-state index contributed by atoms with van der Waals surface area (Å²) in [5, 5.41) is 10.4. The standard InChI is InChI=1S/C15H14N4O3S2/c1-24(21,22)12-4-2-3-10(7-12)14(20)13-9-17-15(23-13)16-8-11-5-6-18-19-11/h2-7,9H,8H2,1H3,(H,16,17)(H,18,19). The summed E-state index contributed by atoms with van der Waals surface area (Å²) in [5.74, 6) is -0.257. The third-order valence-corrected chi connectivity index (χ3v) is 5.31. The van der Waals surface area contributed by atoms with Crippen LogP contribution in [0, 0.1) is 0 Å². The summed E-state index contributed by atoms with van der Waals surface area (Å²) in [6, 6.07) is 7.84. The van der Waals surface area contributed by atoms with Crippen molar-refractivity contribution in [3.05, 3.63) is 58.9 Å². The Morgan fingerprint density at radius 2 is 2.17 bits per heavy atom. The van der Waals surface area contributed by atoms with Gasteiger partial charge in [0.25, 0.3) is 0 Å². The molecule has 24 heavy (non-hydrogen) atoms. The van der Waals surface area contributed by atoms with Gasteiger partial charge in [-0.05, 0) is 18.2 Å². The van der Waals surface area contributed by atoms with Gasteiger partial charge in [-0.15, -0.1) is 0 Å². The molecular formula is C15H14N4O3S2. The monoisotopic (exact) mass is 362 g/mol. The van der Waals surface area contributed by atoms with E-state index in [-0.39, 0.29) is 10.7 Å². The molecule has 3 rings (SSSR count). The van der Waals surface area contributed by atoms with Gasteiger partial charge in [0.1, 0.15) is 0 Å². The second-order valence-corrected chi connectivity index (χ2v) is 8.14. The van der Waals surface area contributed by atoms with Crippen LogP contribution in [-0.2, 0) is 16.4 Å². The highest BCUT2D eigenvalue weighted by atomic mass is 32.2. The zero-order valence-electron chi connectivity index (χ0n) is 12.7. The maximum Gasteiger partial charge on any atom is 0.204 e. The van der Waals surface area contributed by atoms with Gasteiger partial charge >= 0.3 is 0 Å². The van der Waals surface area contributed by atoms with Crippen molar-refractivity contribution in [3.8, 4) is 0 Å². The van der Waals surface area contributed by atoms with E-state index in [1.54, 1.807) is 18.3 Å². The smallest absolute Gasteiger partial charge is 0.204 e. The first-order chi connectivity index (χ1) is 11.4. The molecule has 9 heteroatoms. The predicted molar refractivity (Wildman–Crippen MR) is 91.0 cm³/mol. The average Bonchev–Trinajstić information content (AvgIpc) is 3.23. The number of rotatable bonds is 6. The lowest BCUT2D eigenvalue weighted by Crippen LogP contribution is -2.02. The third kappa shape index (κ3) is 3.69. The van der Waals surface area contributed by atoms with Crippen molar-refractivity contribution < 1.29 is 13.2 Å². The van der Waals surface area contributed by atoms with Gasteiger partial charge in [0.05, 0.1) is 28.2 Å². The Balaban J connectivity index is 1.76. The van der Waals surface area contributed by atoms with Crippen molar-refractivity contribution in [2.24, 2.45) is 0 Å². The van der Waals surface area contributed by atoms with Gasteiger partial charge in [0, 0.05) is 18.0 Å². The van der Waals surface area contributed by atoms with Crippen LogP contribution in [-0.4, -0.2) is 35.6 Å². The number of aromatic amines is 1. The molecule has 3 aromatic rings. The van der Waals surface area contributed by atoms with Crippen LogP contribution in [0.4, 0.5) is 5.13 Å². The Bertz CT molecular complexity index is 962. The van der Waals surface area contributed by atoms with E-state index in [1.807, 2.05) is 6.07 Å². The first kappa shape index (κ1) is 16.3. The molecule has 7 nitrogen and oxygen atoms in total. The van der Waals surface area contributed by atoms with E-state index in [9.17, 15) is 13.2 Å². The lowest BCUT2D eigenvalue weighted by Gasteiger charge is -2.02. The minimum Gasteiger partial charge on any atom is -0.356 e. The van der Waals surface area contributed by atoms with E-state index in [4.69, 9.17) is 0 Å². The first-order valence-corrected chi connectivity index (χ1v) is 9.67. The minimum atomic E-state index is -3.36. The molecule has 0 amide bonds. The molecule has 0 aliphatic heterocycles. The molecule has 0 bridgehead atoms. The Hall–Kier alpha value is -2.52. The second-order valence-electron chi connectivity index (χ2n) is 5.09. The van der Waals surface area contributed by atoms with E-state index in [0.29, 0.717) is 22.1 Å².